The van der Waals surface area contributed by atoms with Crippen molar-refractivity contribution in [1.29, 1.82) is 0 Å². The number of rotatable bonds is 6. The molecule has 0 aliphatic carbocycles. The summed E-state index contributed by atoms with van der Waals surface area (Å²) in [6, 6.07) is 1.67. The van der Waals surface area contributed by atoms with E-state index in [9.17, 15) is 17.2 Å². The Morgan fingerprint density at radius 1 is 1.42 bits per heavy atom. The van der Waals surface area contributed by atoms with E-state index in [4.69, 9.17) is 5.11 Å². The van der Waals surface area contributed by atoms with E-state index in [1.54, 1.807) is 6.92 Å². The summed E-state index contributed by atoms with van der Waals surface area (Å²) in [6.45, 7) is 4.25. The maximum atomic E-state index is 13.9. The zero-order valence-corrected chi connectivity index (χ0v) is 11.3. The van der Waals surface area contributed by atoms with Gasteiger partial charge in [-0.3, -0.25) is 0 Å². The van der Waals surface area contributed by atoms with Gasteiger partial charge < -0.3 is 5.11 Å². The van der Waals surface area contributed by atoms with Gasteiger partial charge in [0, 0.05) is 13.1 Å². The van der Waals surface area contributed by atoms with Crippen LogP contribution >= 0.6 is 0 Å². The van der Waals surface area contributed by atoms with Gasteiger partial charge in [0.15, 0.2) is 5.82 Å². The molecule has 0 bridgehead atoms. The molecule has 0 aromatic heterocycles. The predicted octanol–water partition coefficient (Wildman–Crippen LogP) is 1.65. The molecule has 0 radical (unpaired) electrons. The molecule has 0 atom stereocenters. The molecule has 0 saturated heterocycles. The highest BCUT2D eigenvalue weighted by Gasteiger charge is 2.27. The number of sulfonamides is 1. The molecule has 1 N–H and O–H groups in total. The third kappa shape index (κ3) is 2.99. The van der Waals surface area contributed by atoms with Gasteiger partial charge in [-0.25, -0.2) is 17.2 Å². The second kappa shape index (κ2) is 6.23. The first-order valence-electron chi connectivity index (χ1n) is 5.58. The van der Waals surface area contributed by atoms with Crippen LogP contribution in [0.3, 0.4) is 0 Å². The lowest BCUT2D eigenvalue weighted by Gasteiger charge is -2.19. The smallest absolute Gasteiger partial charge is 0.246 e. The summed E-state index contributed by atoms with van der Waals surface area (Å²) in [5.41, 5.74) is -0.657. The lowest BCUT2D eigenvalue weighted by atomic mass is 10.2. The third-order valence-corrected chi connectivity index (χ3v) is 4.57. The lowest BCUT2D eigenvalue weighted by Crippen LogP contribution is -2.32. The van der Waals surface area contributed by atoms with Gasteiger partial charge in [0.05, 0.1) is 12.2 Å². The zero-order valence-electron chi connectivity index (χ0n) is 10.4. The summed E-state index contributed by atoms with van der Waals surface area (Å²) < 4.78 is 52.5. The summed E-state index contributed by atoms with van der Waals surface area (Å²) >= 11 is 0. The van der Waals surface area contributed by atoms with Crippen molar-refractivity contribution in [1.82, 2.24) is 4.31 Å². The van der Waals surface area contributed by atoms with Crippen LogP contribution < -0.4 is 0 Å². The van der Waals surface area contributed by atoms with Crippen molar-refractivity contribution in [2.45, 2.75) is 18.4 Å². The van der Waals surface area contributed by atoms with Crippen LogP contribution in [0.4, 0.5) is 8.78 Å². The minimum atomic E-state index is -4.08. The number of nitrogens with zero attached hydrogens (tertiary/aromatic N) is 1. The fourth-order valence-electron chi connectivity index (χ4n) is 1.60. The van der Waals surface area contributed by atoms with Crippen molar-refractivity contribution in [2.75, 3.05) is 13.1 Å². The maximum absolute atomic E-state index is 13.9. The summed E-state index contributed by atoms with van der Waals surface area (Å²) in [5, 5.41) is 8.88. The molecule has 7 heteroatoms. The normalized spacial score (nSPS) is 11.8. The largest absolute Gasteiger partial charge is 0.391 e. The zero-order chi connectivity index (χ0) is 14.6. The number of aliphatic hydroxyl groups excluding tert-OH is 1. The van der Waals surface area contributed by atoms with E-state index in [0.29, 0.717) is 0 Å². The summed E-state index contributed by atoms with van der Waals surface area (Å²) in [7, 11) is -4.08. The van der Waals surface area contributed by atoms with Gasteiger partial charge in [0.1, 0.15) is 10.7 Å². The van der Waals surface area contributed by atoms with E-state index in [-0.39, 0.29) is 13.1 Å². The molecule has 0 saturated carbocycles. The lowest BCUT2D eigenvalue weighted by molar-refractivity contribution is 0.267. The molecule has 1 aromatic rings. The van der Waals surface area contributed by atoms with E-state index < -0.39 is 38.7 Å². The first-order chi connectivity index (χ1) is 8.89. The van der Waals surface area contributed by atoms with E-state index in [1.165, 1.54) is 6.08 Å². The topological polar surface area (TPSA) is 57.6 Å². The Morgan fingerprint density at radius 2 is 2.05 bits per heavy atom. The van der Waals surface area contributed by atoms with Gasteiger partial charge in [-0.1, -0.05) is 13.0 Å². The van der Waals surface area contributed by atoms with Gasteiger partial charge >= 0.3 is 0 Å². The van der Waals surface area contributed by atoms with Crippen LogP contribution in [-0.2, 0) is 16.6 Å². The molecule has 19 heavy (non-hydrogen) atoms. The van der Waals surface area contributed by atoms with Crippen molar-refractivity contribution in [3.8, 4) is 0 Å². The third-order valence-electron chi connectivity index (χ3n) is 2.61. The van der Waals surface area contributed by atoms with E-state index in [0.717, 1.165) is 16.4 Å². The Kier molecular flexibility index (Phi) is 5.16. The fourth-order valence-corrected chi connectivity index (χ4v) is 3.11. The van der Waals surface area contributed by atoms with Gasteiger partial charge in [-0.05, 0) is 12.1 Å². The van der Waals surface area contributed by atoms with Gasteiger partial charge in [0.2, 0.25) is 10.0 Å². The minimum absolute atomic E-state index is 0.0180. The number of hydrogen-bond donors (Lipinski definition) is 1. The molecule has 0 aliphatic heterocycles. The first kappa shape index (κ1) is 15.7. The van der Waals surface area contributed by atoms with Gasteiger partial charge in [-0.15, -0.1) is 6.58 Å². The van der Waals surface area contributed by atoms with Crippen LogP contribution in [0.5, 0.6) is 0 Å². The van der Waals surface area contributed by atoms with Crippen LogP contribution in [0.25, 0.3) is 0 Å². The molecule has 0 spiro atoms. The molecule has 1 aromatic carbocycles. The summed E-state index contributed by atoms with van der Waals surface area (Å²) in [5.74, 6) is -2.24. The summed E-state index contributed by atoms with van der Waals surface area (Å²) in [4.78, 5) is -0.651. The molecule has 106 valence electrons. The average molecular weight is 291 g/mol. The quantitative estimate of drug-likeness (QED) is 0.811. The number of aliphatic hydroxyl groups is 1. The SMILES string of the molecule is C=CCN(CC)S(=O)(=O)c1ccc(F)c(CO)c1F. The van der Waals surface area contributed by atoms with Crippen molar-refractivity contribution in [3.05, 3.63) is 42.0 Å². The van der Waals surface area contributed by atoms with Crippen LogP contribution in [0, 0.1) is 11.6 Å². The molecule has 1 rings (SSSR count). The first-order valence-corrected chi connectivity index (χ1v) is 7.02. The standard InChI is InChI=1S/C12H15F2NO3S/c1-3-7-15(4-2)19(17,18)11-6-5-10(13)9(8-16)12(11)14/h3,5-6,16H,1,4,7-8H2,2H3. The van der Waals surface area contributed by atoms with E-state index in [1.807, 2.05) is 0 Å². The highest BCUT2D eigenvalue weighted by molar-refractivity contribution is 7.89. The van der Waals surface area contributed by atoms with Crippen molar-refractivity contribution < 1.29 is 22.3 Å². The minimum Gasteiger partial charge on any atom is -0.391 e. The molecule has 4 nitrogen and oxygen atoms in total. The monoisotopic (exact) mass is 291 g/mol. The number of halogens is 2. The van der Waals surface area contributed by atoms with Crippen LogP contribution in [-0.4, -0.2) is 30.9 Å². The van der Waals surface area contributed by atoms with Gasteiger partial charge in [0.25, 0.3) is 0 Å². The van der Waals surface area contributed by atoms with E-state index in [2.05, 4.69) is 6.58 Å². The number of hydrogen-bond acceptors (Lipinski definition) is 3. The van der Waals surface area contributed by atoms with Crippen molar-refractivity contribution in [3.63, 3.8) is 0 Å². The number of benzene rings is 1. The fraction of sp³-hybridized carbons (Fsp3) is 0.333. The molecule has 0 amide bonds. The Balaban J connectivity index is 3.40. The summed E-state index contributed by atoms with van der Waals surface area (Å²) in [6.07, 6.45) is 1.37. The molecule has 0 aliphatic rings. The van der Waals surface area contributed by atoms with Crippen molar-refractivity contribution >= 4 is 10.0 Å². The molecule has 0 heterocycles. The van der Waals surface area contributed by atoms with Crippen molar-refractivity contribution in [2.24, 2.45) is 0 Å². The van der Waals surface area contributed by atoms with Crippen LogP contribution in [0.15, 0.2) is 29.7 Å². The molecular weight excluding hydrogens is 276 g/mol. The second-order valence-corrected chi connectivity index (χ2v) is 5.65. The Bertz CT molecular complexity index is 573. The predicted molar refractivity (Wildman–Crippen MR) is 66.9 cm³/mol. The Hall–Kier alpha value is -1.31. The van der Waals surface area contributed by atoms with E-state index >= 15 is 0 Å². The Labute approximate surface area is 111 Å². The Morgan fingerprint density at radius 3 is 2.53 bits per heavy atom. The second-order valence-electron chi connectivity index (χ2n) is 3.74. The highest BCUT2D eigenvalue weighted by Crippen LogP contribution is 2.24. The maximum Gasteiger partial charge on any atom is 0.246 e. The van der Waals surface area contributed by atoms with Gasteiger partial charge in [-0.2, -0.15) is 4.31 Å². The average Bonchev–Trinajstić information content (AvgIpc) is 2.35. The molecule has 0 fully saturated rings. The van der Waals surface area contributed by atoms with Crippen LogP contribution in [0.2, 0.25) is 0 Å². The van der Waals surface area contributed by atoms with Crippen LogP contribution in [0.1, 0.15) is 12.5 Å². The molecule has 0 unspecified atom stereocenters. The highest BCUT2D eigenvalue weighted by atomic mass is 32.2. The molecular formula is C12H15F2NO3S. The number of likely N-dealkylation sites (N-methyl/N-ethyl adjacent to an activating group) is 1.